The van der Waals surface area contributed by atoms with Crippen molar-refractivity contribution in [1.82, 2.24) is 14.6 Å². The number of nitrogens with zero attached hydrogens (tertiary/aromatic N) is 3. The second-order valence-electron chi connectivity index (χ2n) is 8.92. The van der Waals surface area contributed by atoms with Crippen LogP contribution in [0, 0.1) is 18.8 Å². The van der Waals surface area contributed by atoms with Crippen molar-refractivity contribution in [3.63, 3.8) is 0 Å². The average molecular weight is 453 g/mol. The van der Waals surface area contributed by atoms with Gasteiger partial charge in [-0.3, -0.25) is 14.4 Å². The topological polar surface area (TPSA) is 90.4 Å². The molecule has 2 fully saturated rings. The minimum absolute atomic E-state index is 0.0195. The van der Waals surface area contributed by atoms with Crippen LogP contribution in [0.1, 0.15) is 59.2 Å². The normalized spacial score (nSPS) is 23.7. The summed E-state index contributed by atoms with van der Waals surface area (Å²) in [5.41, 5.74) is 7.99. The van der Waals surface area contributed by atoms with Gasteiger partial charge in [0.15, 0.2) is 0 Å². The predicted octanol–water partition coefficient (Wildman–Crippen LogP) is 4.22. The fourth-order valence-corrected chi connectivity index (χ4v) is 5.71. The zero-order valence-corrected chi connectivity index (χ0v) is 19.0. The standard InChI is InChI=1S/C24H28N4O3S/c1-15-26-20(14-32-15)22-9-11-31-28(22)24(30)17-4-2-16(3-5-17)13-27-10-8-18-12-19(23(25)29)6-7-21(18)27/h6-8,10,12,14,16-17,22H,2-5,9,11,13H2,1H3,(H2,25,29)/t16?,17?,22-/m0/s1. The van der Waals surface area contributed by atoms with Gasteiger partial charge in [-0.05, 0) is 62.8 Å². The molecular weight excluding hydrogens is 424 g/mol. The molecule has 5 rings (SSSR count). The van der Waals surface area contributed by atoms with Crippen molar-refractivity contribution in [1.29, 1.82) is 0 Å². The van der Waals surface area contributed by atoms with E-state index in [1.165, 1.54) is 0 Å². The average Bonchev–Trinajstić information content (AvgIpc) is 3.53. The summed E-state index contributed by atoms with van der Waals surface area (Å²) in [5, 5.41) is 5.69. The summed E-state index contributed by atoms with van der Waals surface area (Å²) in [6.45, 7) is 3.48. The van der Waals surface area contributed by atoms with Gasteiger partial charge in [0, 0.05) is 46.9 Å². The van der Waals surface area contributed by atoms with Crippen LogP contribution in [0.3, 0.4) is 0 Å². The summed E-state index contributed by atoms with van der Waals surface area (Å²) in [4.78, 5) is 35.0. The van der Waals surface area contributed by atoms with Gasteiger partial charge >= 0.3 is 0 Å². The number of thiazole rings is 1. The lowest BCUT2D eigenvalue weighted by atomic mass is 9.81. The minimum atomic E-state index is -0.406. The molecule has 1 aliphatic carbocycles. The van der Waals surface area contributed by atoms with Crippen LogP contribution in [0.5, 0.6) is 0 Å². The van der Waals surface area contributed by atoms with Crippen molar-refractivity contribution >= 4 is 34.1 Å². The summed E-state index contributed by atoms with van der Waals surface area (Å²) < 4.78 is 2.25. The van der Waals surface area contributed by atoms with Crippen molar-refractivity contribution in [3.05, 3.63) is 52.1 Å². The van der Waals surface area contributed by atoms with Crippen LogP contribution in [0.4, 0.5) is 0 Å². The smallest absolute Gasteiger partial charge is 0.249 e. The van der Waals surface area contributed by atoms with Gasteiger partial charge in [-0.2, -0.15) is 0 Å². The van der Waals surface area contributed by atoms with Gasteiger partial charge in [0.2, 0.25) is 11.8 Å². The number of hydrogen-bond donors (Lipinski definition) is 1. The van der Waals surface area contributed by atoms with Gasteiger partial charge in [-0.25, -0.2) is 10.0 Å². The number of fused-ring (bicyclic) bond motifs is 1. The van der Waals surface area contributed by atoms with Crippen molar-refractivity contribution < 1.29 is 14.4 Å². The Balaban J connectivity index is 1.20. The molecule has 0 spiro atoms. The molecule has 7 nitrogen and oxygen atoms in total. The Morgan fingerprint density at radius 3 is 2.72 bits per heavy atom. The number of primary amides is 1. The lowest BCUT2D eigenvalue weighted by Gasteiger charge is -2.31. The van der Waals surface area contributed by atoms with Crippen molar-refractivity contribution in [3.8, 4) is 0 Å². The van der Waals surface area contributed by atoms with Crippen LogP contribution in [0.25, 0.3) is 10.9 Å². The first kappa shape index (κ1) is 21.2. The Morgan fingerprint density at radius 1 is 1.19 bits per heavy atom. The number of carbonyl (C=O) groups is 2. The summed E-state index contributed by atoms with van der Waals surface area (Å²) >= 11 is 1.62. The molecule has 0 bridgehead atoms. The Morgan fingerprint density at radius 2 is 2.00 bits per heavy atom. The molecule has 3 aromatic rings. The molecule has 2 aliphatic rings. The van der Waals surface area contributed by atoms with E-state index in [0.717, 1.165) is 60.3 Å². The molecule has 32 heavy (non-hydrogen) atoms. The largest absolute Gasteiger partial charge is 0.366 e. The van der Waals surface area contributed by atoms with E-state index < -0.39 is 5.91 Å². The van der Waals surface area contributed by atoms with E-state index in [1.54, 1.807) is 22.5 Å². The second-order valence-corrected chi connectivity index (χ2v) is 9.98. The number of hydrogen-bond acceptors (Lipinski definition) is 5. The van der Waals surface area contributed by atoms with Gasteiger partial charge in [0.1, 0.15) is 6.04 Å². The Labute approximate surface area is 191 Å². The highest BCUT2D eigenvalue weighted by molar-refractivity contribution is 7.09. The van der Waals surface area contributed by atoms with Gasteiger partial charge in [0.05, 0.1) is 17.3 Å². The fourth-order valence-electron chi connectivity index (χ4n) is 5.05. The van der Waals surface area contributed by atoms with E-state index in [9.17, 15) is 9.59 Å². The molecule has 0 unspecified atom stereocenters. The van der Waals surface area contributed by atoms with E-state index in [0.29, 0.717) is 18.1 Å². The lowest BCUT2D eigenvalue weighted by Crippen LogP contribution is -2.37. The number of carbonyl (C=O) groups excluding carboxylic acids is 2. The summed E-state index contributed by atoms with van der Waals surface area (Å²) in [7, 11) is 0. The number of aryl methyl sites for hydroxylation is 1. The van der Waals surface area contributed by atoms with E-state index in [2.05, 4.69) is 15.7 Å². The first-order valence-electron chi connectivity index (χ1n) is 11.3. The van der Waals surface area contributed by atoms with Crippen LogP contribution in [-0.4, -0.2) is 33.0 Å². The molecule has 3 heterocycles. The fraction of sp³-hybridized carbons (Fsp3) is 0.458. The molecular formula is C24H28N4O3S. The van der Waals surface area contributed by atoms with Crippen LogP contribution in [0.15, 0.2) is 35.8 Å². The van der Waals surface area contributed by atoms with E-state index >= 15 is 0 Å². The van der Waals surface area contributed by atoms with Crippen LogP contribution >= 0.6 is 11.3 Å². The first-order chi connectivity index (χ1) is 15.5. The van der Waals surface area contributed by atoms with Crippen molar-refractivity contribution in [2.75, 3.05) is 6.61 Å². The summed E-state index contributed by atoms with van der Waals surface area (Å²) in [5.74, 6) is 0.256. The van der Waals surface area contributed by atoms with E-state index in [-0.39, 0.29) is 17.9 Å². The number of rotatable bonds is 5. The third kappa shape index (κ3) is 4.04. The third-order valence-corrected chi connectivity index (χ3v) is 7.60. The molecule has 1 aliphatic heterocycles. The quantitative estimate of drug-likeness (QED) is 0.628. The number of hydroxylamine groups is 2. The zero-order chi connectivity index (χ0) is 22.2. The van der Waals surface area contributed by atoms with Crippen molar-refractivity contribution in [2.24, 2.45) is 17.6 Å². The SMILES string of the molecule is Cc1nc([C@@H]2CCON2C(=O)C2CCC(Cn3ccc4cc(C(N)=O)ccc43)CC2)cs1. The highest BCUT2D eigenvalue weighted by atomic mass is 32.1. The predicted molar refractivity (Wildman–Crippen MR) is 123 cm³/mol. The minimum Gasteiger partial charge on any atom is -0.366 e. The van der Waals surface area contributed by atoms with E-state index in [4.69, 9.17) is 10.6 Å². The first-order valence-corrected chi connectivity index (χ1v) is 12.1. The van der Waals surface area contributed by atoms with Gasteiger partial charge in [-0.15, -0.1) is 11.3 Å². The lowest BCUT2D eigenvalue weighted by molar-refractivity contribution is -0.183. The van der Waals surface area contributed by atoms with Crippen molar-refractivity contribution in [2.45, 2.75) is 51.6 Å². The maximum absolute atomic E-state index is 13.2. The summed E-state index contributed by atoms with van der Waals surface area (Å²) in [6, 6.07) is 7.58. The zero-order valence-electron chi connectivity index (χ0n) is 18.2. The maximum Gasteiger partial charge on any atom is 0.249 e. The molecule has 2 N–H and O–H groups in total. The molecule has 8 heteroatoms. The monoisotopic (exact) mass is 452 g/mol. The van der Waals surface area contributed by atoms with Gasteiger partial charge < -0.3 is 10.3 Å². The third-order valence-electron chi connectivity index (χ3n) is 6.81. The Kier molecular flexibility index (Phi) is 5.73. The molecule has 1 saturated carbocycles. The molecule has 2 amide bonds. The number of benzene rings is 1. The number of amides is 2. The Hall–Kier alpha value is -2.71. The molecule has 1 saturated heterocycles. The highest BCUT2D eigenvalue weighted by Gasteiger charge is 2.38. The second kappa shape index (κ2) is 8.67. The molecule has 1 atom stereocenters. The summed E-state index contributed by atoms with van der Waals surface area (Å²) in [6.07, 6.45) is 6.69. The number of aromatic nitrogens is 2. The van der Waals surface area contributed by atoms with Crippen LogP contribution < -0.4 is 5.73 Å². The molecule has 0 radical (unpaired) electrons. The maximum atomic E-state index is 13.2. The number of nitrogens with two attached hydrogens (primary N) is 1. The van der Waals surface area contributed by atoms with Gasteiger partial charge in [-0.1, -0.05) is 0 Å². The molecule has 168 valence electrons. The molecule has 1 aromatic carbocycles. The van der Waals surface area contributed by atoms with Gasteiger partial charge in [0.25, 0.3) is 0 Å². The van der Waals surface area contributed by atoms with Crippen LogP contribution in [0.2, 0.25) is 0 Å². The molecule has 2 aromatic heterocycles. The van der Waals surface area contributed by atoms with Crippen LogP contribution in [-0.2, 0) is 16.2 Å². The van der Waals surface area contributed by atoms with E-state index in [1.807, 2.05) is 30.5 Å². The highest BCUT2D eigenvalue weighted by Crippen LogP contribution is 2.37. The Bertz CT molecular complexity index is 1150.